The third-order valence-corrected chi connectivity index (χ3v) is 3.71. The van der Waals surface area contributed by atoms with Crippen LogP contribution in [0.15, 0.2) is 67.3 Å². The zero-order valence-electron chi connectivity index (χ0n) is 11.9. The van der Waals surface area contributed by atoms with Crippen molar-refractivity contribution in [1.29, 1.82) is 5.26 Å². The molecule has 1 aromatic heterocycles. The third kappa shape index (κ3) is 2.50. The predicted octanol–water partition coefficient (Wildman–Crippen LogP) is 3.00. The molecule has 0 amide bonds. The van der Waals surface area contributed by atoms with E-state index in [2.05, 4.69) is 11.1 Å². The molecule has 22 heavy (non-hydrogen) atoms. The fourth-order valence-corrected chi connectivity index (χ4v) is 2.64. The Hall–Kier alpha value is -2.90. The summed E-state index contributed by atoms with van der Waals surface area (Å²) in [6.07, 6.45) is 5.10. The van der Waals surface area contributed by atoms with Gasteiger partial charge in [-0.1, -0.05) is 48.5 Å². The Balaban J connectivity index is 2.16. The molecule has 0 aliphatic rings. The van der Waals surface area contributed by atoms with Crippen LogP contribution in [-0.4, -0.2) is 21.3 Å². The SMILES string of the molecule is N#Cc1c(-c2ccccc2)cccc1C(CO)n1ccnc1. The lowest BCUT2D eigenvalue weighted by Crippen LogP contribution is -2.15. The van der Waals surface area contributed by atoms with Crippen LogP contribution in [0.4, 0.5) is 0 Å². The quantitative estimate of drug-likeness (QED) is 0.803. The third-order valence-electron chi connectivity index (χ3n) is 3.71. The van der Waals surface area contributed by atoms with Crippen LogP contribution in [0.2, 0.25) is 0 Å². The maximum absolute atomic E-state index is 9.77. The first-order valence-electron chi connectivity index (χ1n) is 7.02. The van der Waals surface area contributed by atoms with Gasteiger partial charge in [0.25, 0.3) is 0 Å². The highest BCUT2D eigenvalue weighted by atomic mass is 16.3. The second kappa shape index (κ2) is 6.25. The topological polar surface area (TPSA) is 61.8 Å². The van der Waals surface area contributed by atoms with Gasteiger partial charge in [-0.2, -0.15) is 5.26 Å². The number of imidazole rings is 1. The summed E-state index contributed by atoms with van der Waals surface area (Å²) in [7, 11) is 0. The number of nitriles is 1. The molecule has 4 nitrogen and oxygen atoms in total. The number of aromatic nitrogens is 2. The van der Waals surface area contributed by atoms with Crippen molar-refractivity contribution >= 4 is 0 Å². The van der Waals surface area contributed by atoms with Crippen LogP contribution in [0.25, 0.3) is 11.1 Å². The monoisotopic (exact) mass is 289 g/mol. The van der Waals surface area contributed by atoms with E-state index < -0.39 is 0 Å². The first-order valence-corrected chi connectivity index (χ1v) is 7.02. The molecule has 1 N–H and O–H groups in total. The van der Waals surface area contributed by atoms with Crippen molar-refractivity contribution in [2.75, 3.05) is 6.61 Å². The van der Waals surface area contributed by atoms with Crippen molar-refractivity contribution in [1.82, 2.24) is 9.55 Å². The fraction of sp³-hybridized carbons (Fsp3) is 0.111. The number of nitrogens with zero attached hydrogens (tertiary/aromatic N) is 3. The molecular weight excluding hydrogens is 274 g/mol. The van der Waals surface area contributed by atoms with E-state index in [1.165, 1.54) is 0 Å². The molecule has 0 fully saturated rings. The molecule has 0 saturated heterocycles. The summed E-state index contributed by atoms with van der Waals surface area (Å²) in [5, 5.41) is 19.4. The molecule has 0 radical (unpaired) electrons. The Bertz CT molecular complexity index is 789. The second-order valence-electron chi connectivity index (χ2n) is 4.96. The van der Waals surface area contributed by atoms with E-state index in [0.29, 0.717) is 5.56 Å². The van der Waals surface area contributed by atoms with Gasteiger partial charge in [-0.15, -0.1) is 0 Å². The first kappa shape index (κ1) is 14.1. The van der Waals surface area contributed by atoms with Gasteiger partial charge < -0.3 is 9.67 Å². The summed E-state index contributed by atoms with van der Waals surface area (Å²) in [5.41, 5.74) is 3.24. The average molecular weight is 289 g/mol. The summed E-state index contributed by atoms with van der Waals surface area (Å²) in [6, 6.07) is 17.5. The minimum Gasteiger partial charge on any atom is -0.394 e. The van der Waals surface area contributed by atoms with Crippen LogP contribution in [0, 0.1) is 11.3 Å². The highest BCUT2D eigenvalue weighted by Crippen LogP contribution is 2.30. The highest BCUT2D eigenvalue weighted by Gasteiger charge is 2.18. The van der Waals surface area contributed by atoms with Gasteiger partial charge in [0.15, 0.2) is 0 Å². The Morgan fingerprint density at radius 1 is 1.14 bits per heavy atom. The maximum atomic E-state index is 9.77. The lowest BCUT2D eigenvalue weighted by Gasteiger charge is -2.19. The van der Waals surface area contributed by atoms with Crippen LogP contribution in [0.1, 0.15) is 17.2 Å². The van der Waals surface area contributed by atoms with Gasteiger partial charge in [0.05, 0.1) is 24.5 Å². The molecule has 1 heterocycles. The Kier molecular flexibility index (Phi) is 3.99. The molecule has 1 atom stereocenters. The second-order valence-corrected chi connectivity index (χ2v) is 4.96. The molecule has 3 rings (SSSR count). The summed E-state index contributed by atoms with van der Waals surface area (Å²) >= 11 is 0. The fourth-order valence-electron chi connectivity index (χ4n) is 2.64. The van der Waals surface area contributed by atoms with E-state index in [-0.39, 0.29) is 12.6 Å². The molecule has 0 bridgehead atoms. The maximum Gasteiger partial charge on any atom is 0.100 e. The number of aliphatic hydroxyl groups is 1. The zero-order chi connectivity index (χ0) is 15.4. The molecule has 3 aromatic rings. The van der Waals surface area contributed by atoms with E-state index >= 15 is 0 Å². The molecule has 0 spiro atoms. The molecule has 108 valence electrons. The van der Waals surface area contributed by atoms with Crippen molar-refractivity contribution in [2.24, 2.45) is 0 Å². The zero-order valence-corrected chi connectivity index (χ0v) is 11.9. The summed E-state index contributed by atoms with van der Waals surface area (Å²) in [6.45, 7) is -0.0940. The Morgan fingerprint density at radius 3 is 2.59 bits per heavy atom. The molecule has 2 aromatic carbocycles. The largest absolute Gasteiger partial charge is 0.394 e. The molecule has 0 saturated carbocycles. The summed E-state index contributed by atoms with van der Waals surface area (Å²) in [5.74, 6) is 0. The van der Waals surface area contributed by atoms with Crippen LogP contribution in [-0.2, 0) is 0 Å². The van der Waals surface area contributed by atoms with Gasteiger partial charge in [-0.25, -0.2) is 4.98 Å². The minimum atomic E-state index is -0.319. The first-order chi connectivity index (χ1) is 10.8. The Labute approximate surface area is 128 Å². The van der Waals surface area contributed by atoms with Crippen molar-refractivity contribution in [3.8, 4) is 17.2 Å². The summed E-state index contributed by atoms with van der Waals surface area (Å²) in [4.78, 5) is 4.02. The minimum absolute atomic E-state index is 0.0940. The number of hydrogen-bond donors (Lipinski definition) is 1. The normalized spacial score (nSPS) is 11.8. The van der Waals surface area contributed by atoms with Gasteiger partial charge in [-0.3, -0.25) is 0 Å². The van der Waals surface area contributed by atoms with Crippen LogP contribution in [0.5, 0.6) is 0 Å². The lowest BCUT2D eigenvalue weighted by atomic mass is 9.93. The molecule has 0 aliphatic carbocycles. The van der Waals surface area contributed by atoms with Crippen molar-refractivity contribution < 1.29 is 5.11 Å². The molecule has 1 unspecified atom stereocenters. The van der Waals surface area contributed by atoms with E-state index in [9.17, 15) is 10.4 Å². The number of rotatable bonds is 4. The van der Waals surface area contributed by atoms with Crippen LogP contribution >= 0.6 is 0 Å². The standard InChI is InChI=1S/C18H15N3O/c19-11-17-15(14-5-2-1-3-6-14)7-4-8-16(17)18(12-22)21-10-9-20-13-21/h1-10,13,18,22H,12H2. The molecule has 0 aliphatic heterocycles. The van der Waals surface area contributed by atoms with Crippen LogP contribution in [0.3, 0.4) is 0 Å². The Morgan fingerprint density at radius 2 is 1.95 bits per heavy atom. The van der Waals surface area contributed by atoms with Gasteiger partial charge in [0.1, 0.15) is 6.07 Å². The van der Waals surface area contributed by atoms with Crippen molar-refractivity contribution in [3.05, 3.63) is 78.4 Å². The predicted molar refractivity (Wildman–Crippen MR) is 84.0 cm³/mol. The van der Waals surface area contributed by atoms with E-state index in [4.69, 9.17) is 0 Å². The smallest absolute Gasteiger partial charge is 0.100 e. The van der Waals surface area contributed by atoms with Gasteiger partial charge in [0, 0.05) is 12.4 Å². The number of hydrogen-bond acceptors (Lipinski definition) is 3. The number of benzene rings is 2. The van der Waals surface area contributed by atoms with Gasteiger partial charge >= 0.3 is 0 Å². The van der Waals surface area contributed by atoms with Crippen molar-refractivity contribution in [2.45, 2.75) is 6.04 Å². The highest BCUT2D eigenvalue weighted by molar-refractivity contribution is 5.72. The van der Waals surface area contributed by atoms with Gasteiger partial charge in [0.2, 0.25) is 0 Å². The van der Waals surface area contributed by atoms with E-state index in [1.54, 1.807) is 18.7 Å². The number of aliphatic hydroxyl groups excluding tert-OH is 1. The van der Waals surface area contributed by atoms with Crippen LogP contribution < -0.4 is 0 Å². The van der Waals surface area contributed by atoms with Gasteiger partial charge in [-0.05, 0) is 16.7 Å². The molecular formula is C18H15N3O. The van der Waals surface area contributed by atoms with E-state index in [1.807, 2.05) is 53.1 Å². The summed E-state index contributed by atoms with van der Waals surface area (Å²) < 4.78 is 1.81. The lowest BCUT2D eigenvalue weighted by molar-refractivity contribution is 0.249. The average Bonchev–Trinajstić information content (AvgIpc) is 3.10. The molecule has 4 heteroatoms. The van der Waals surface area contributed by atoms with Crippen molar-refractivity contribution in [3.63, 3.8) is 0 Å². The van der Waals surface area contributed by atoms with E-state index in [0.717, 1.165) is 16.7 Å².